The van der Waals surface area contributed by atoms with Crippen LogP contribution in [-0.2, 0) is 6.54 Å². The lowest BCUT2D eigenvalue weighted by molar-refractivity contribution is 0.584. The molecule has 0 bridgehead atoms. The summed E-state index contributed by atoms with van der Waals surface area (Å²) >= 11 is 0. The molecule has 0 aliphatic rings. The summed E-state index contributed by atoms with van der Waals surface area (Å²) in [6.07, 6.45) is 0. The zero-order valence-corrected chi connectivity index (χ0v) is 11.2. The molecular weight excluding hydrogens is 248 g/mol. The molecule has 0 aliphatic heterocycles. The first kappa shape index (κ1) is 13.5. The maximum Gasteiger partial charge on any atom is 0.131 e. The molecule has 1 aromatic carbocycles. The minimum Gasteiger partial charge on any atom is -0.383 e. The van der Waals surface area contributed by atoms with Crippen molar-refractivity contribution < 1.29 is 8.78 Å². The van der Waals surface area contributed by atoms with Crippen LogP contribution in [0.3, 0.4) is 0 Å². The third-order valence-electron chi connectivity index (χ3n) is 3.00. The number of nitrogens with zero attached hydrogens (tertiary/aromatic N) is 2. The third kappa shape index (κ3) is 2.45. The van der Waals surface area contributed by atoms with E-state index in [1.165, 1.54) is 12.1 Å². The smallest absolute Gasteiger partial charge is 0.131 e. The van der Waals surface area contributed by atoms with E-state index in [1.54, 1.807) is 0 Å². The van der Waals surface area contributed by atoms with Crippen LogP contribution in [0.15, 0.2) is 18.2 Å². The molecule has 0 amide bonds. The van der Waals surface area contributed by atoms with Crippen molar-refractivity contribution in [1.29, 1.82) is 0 Å². The summed E-state index contributed by atoms with van der Waals surface area (Å²) in [5.74, 6) is 0.184. The molecule has 102 valence electrons. The van der Waals surface area contributed by atoms with Gasteiger partial charge in [-0.25, -0.2) is 13.8 Å². The summed E-state index contributed by atoms with van der Waals surface area (Å²) in [5.41, 5.74) is 6.84. The molecule has 0 radical (unpaired) electrons. The van der Waals surface area contributed by atoms with E-state index in [-0.39, 0.29) is 5.92 Å². The largest absolute Gasteiger partial charge is 0.383 e. The molecule has 0 saturated carbocycles. The monoisotopic (exact) mass is 265 g/mol. The average Bonchev–Trinajstić information content (AvgIpc) is 2.65. The van der Waals surface area contributed by atoms with E-state index in [9.17, 15) is 8.78 Å². The number of anilines is 1. The lowest BCUT2D eigenvalue weighted by atomic mass is 10.1. The van der Waals surface area contributed by atoms with Crippen LogP contribution in [0.5, 0.6) is 0 Å². The van der Waals surface area contributed by atoms with E-state index in [4.69, 9.17) is 5.73 Å². The molecule has 2 aromatic rings. The van der Waals surface area contributed by atoms with Crippen molar-refractivity contribution in [3.8, 4) is 11.3 Å². The van der Waals surface area contributed by atoms with Gasteiger partial charge >= 0.3 is 0 Å². The molecule has 2 rings (SSSR count). The van der Waals surface area contributed by atoms with Crippen molar-refractivity contribution in [3.05, 3.63) is 35.7 Å². The number of aromatic nitrogens is 2. The van der Waals surface area contributed by atoms with Gasteiger partial charge in [-0.1, -0.05) is 13.8 Å². The Balaban J connectivity index is 2.62. The van der Waals surface area contributed by atoms with Crippen LogP contribution in [0.4, 0.5) is 14.6 Å². The summed E-state index contributed by atoms with van der Waals surface area (Å²) in [6.45, 7) is 6.64. The molecule has 0 spiro atoms. The van der Waals surface area contributed by atoms with E-state index >= 15 is 0 Å². The van der Waals surface area contributed by atoms with Crippen LogP contribution in [0.25, 0.3) is 11.3 Å². The standard InChI is InChI=1S/C14H17F2N3/c1-4-19-13(17)12(18-14(19)8(2)3)9-5-10(15)7-11(16)6-9/h5-8H,4,17H2,1-3H3. The highest BCUT2D eigenvalue weighted by molar-refractivity contribution is 5.71. The molecular formula is C14H17F2N3. The highest BCUT2D eigenvalue weighted by Gasteiger charge is 2.18. The van der Waals surface area contributed by atoms with Crippen molar-refractivity contribution in [3.63, 3.8) is 0 Å². The fourth-order valence-corrected chi connectivity index (χ4v) is 2.16. The quantitative estimate of drug-likeness (QED) is 0.922. The summed E-state index contributed by atoms with van der Waals surface area (Å²) in [7, 11) is 0. The number of benzene rings is 1. The highest BCUT2D eigenvalue weighted by atomic mass is 19.1. The number of halogens is 2. The van der Waals surface area contributed by atoms with Gasteiger partial charge < -0.3 is 10.3 Å². The van der Waals surface area contributed by atoms with Gasteiger partial charge in [-0.2, -0.15) is 0 Å². The number of imidazole rings is 1. The minimum absolute atomic E-state index is 0.189. The van der Waals surface area contributed by atoms with Crippen molar-refractivity contribution in [1.82, 2.24) is 9.55 Å². The van der Waals surface area contributed by atoms with Crippen LogP contribution in [-0.4, -0.2) is 9.55 Å². The van der Waals surface area contributed by atoms with Gasteiger partial charge in [0.2, 0.25) is 0 Å². The Labute approximate surface area is 111 Å². The van der Waals surface area contributed by atoms with E-state index in [2.05, 4.69) is 4.98 Å². The zero-order valence-electron chi connectivity index (χ0n) is 11.2. The number of rotatable bonds is 3. The first-order valence-electron chi connectivity index (χ1n) is 6.26. The fourth-order valence-electron chi connectivity index (χ4n) is 2.16. The van der Waals surface area contributed by atoms with Crippen LogP contribution in [0, 0.1) is 11.6 Å². The lowest BCUT2D eigenvalue weighted by Crippen LogP contribution is -2.06. The highest BCUT2D eigenvalue weighted by Crippen LogP contribution is 2.30. The Morgan fingerprint density at radius 1 is 1.21 bits per heavy atom. The van der Waals surface area contributed by atoms with Gasteiger partial charge in [0.05, 0.1) is 0 Å². The van der Waals surface area contributed by atoms with Crippen molar-refractivity contribution >= 4 is 5.82 Å². The molecule has 0 saturated heterocycles. The third-order valence-corrected chi connectivity index (χ3v) is 3.00. The fraction of sp³-hybridized carbons (Fsp3) is 0.357. The SMILES string of the molecule is CCn1c(C(C)C)nc(-c2cc(F)cc(F)c2)c1N. The Kier molecular flexibility index (Phi) is 3.55. The minimum atomic E-state index is -0.633. The Bertz CT molecular complexity index is 583. The van der Waals surface area contributed by atoms with Gasteiger partial charge in [0.15, 0.2) is 0 Å². The van der Waals surface area contributed by atoms with Gasteiger partial charge in [0.25, 0.3) is 0 Å². The van der Waals surface area contributed by atoms with E-state index in [1.807, 2.05) is 25.3 Å². The zero-order chi connectivity index (χ0) is 14.2. The number of nitrogen functional groups attached to an aromatic ring is 1. The van der Waals surface area contributed by atoms with E-state index in [0.717, 1.165) is 11.9 Å². The first-order chi connectivity index (χ1) is 8.93. The summed E-state index contributed by atoms with van der Waals surface area (Å²) < 4.78 is 28.4. The van der Waals surface area contributed by atoms with Gasteiger partial charge in [-0.05, 0) is 19.1 Å². The normalized spacial score (nSPS) is 11.3. The van der Waals surface area contributed by atoms with Crippen molar-refractivity contribution in [2.75, 3.05) is 5.73 Å². The number of nitrogens with two attached hydrogens (primary N) is 1. The van der Waals surface area contributed by atoms with Crippen LogP contribution in [0.1, 0.15) is 32.5 Å². The predicted molar refractivity (Wildman–Crippen MR) is 71.8 cm³/mol. The van der Waals surface area contributed by atoms with Crippen LogP contribution in [0.2, 0.25) is 0 Å². The second-order valence-electron chi connectivity index (χ2n) is 4.76. The molecule has 0 atom stereocenters. The Morgan fingerprint density at radius 3 is 2.21 bits per heavy atom. The Morgan fingerprint density at radius 2 is 1.79 bits per heavy atom. The van der Waals surface area contributed by atoms with E-state index < -0.39 is 11.6 Å². The predicted octanol–water partition coefficient (Wildman–Crippen LogP) is 3.55. The maximum atomic E-state index is 13.3. The van der Waals surface area contributed by atoms with Gasteiger partial charge in [-0.15, -0.1) is 0 Å². The molecule has 0 fully saturated rings. The molecule has 3 nitrogen and oxygen atoms in total. The molecule has 0 aliphatic carbocycles. The van der Waals surface area contributed by atoms with Crippen molar-refractivity contribution in [2.24, 2.45) is 0 Å². The second kappa shape index (κ2) is 4.99. The first-order valence-corrected chi connectivity index (χ1v) is 6.26. The van der Waals surface area contributed by atoms with Crippen LogP contribution < -0.4 is 5.73 Å². The Hall–Kier alpha value is -1.91. The van der Waals surface area contributed by atoms with Crippen molar-refractivity contribution in [2.45, 2.75) is 33.2 Å². The molecule has 19 heavy (non-hydrogen) atoms. The molecule has 2 N–H and O–H groups in total. The van der Waals surface area contributed by atoms with Gasteiger partial charge in [0.1, 0.15) is 29.0 Å². The van der Waals surface area contributed by atoms with E-state index in [0.29, 0.717) is 23.6 Å². The number of hydrogen-bond donors (Lipinski definition) is 1. The summed E-state index contributed by atoms with van der Waals surface area (Å²) in [6, 6.07) is 3.32. The van der Waals surface area contributed by atoms with Gasteiger partial charge in [0, 0.05) is 24.1 Å². The second-order valence-corrected chi connectivity index (χ2v) is 4.76. The average molecular weight is 265 g/mol. The molecule has 0 unspecified atom stereocenters. The van der Waals surface area contributed by atoms with Crippen LogP contribution >= 0.6 is 0 Å². The maximum absolute atomic E-state index is 13.3. The molecule has 5 heteroatoms. The molecule has 1 aromatic heterocycles. The summed E-state index contributed by atoms with van der Waals surface area (Å²) in [5, 5.41) is 0. The topological polar surface area (TPSA) is 43.8 Å². The van der Waals surface area contributed by atoms with Gasteiger partial charge in [-0.3, -0.25) is 0 Å². The number of hydrogen-bond acceptors (Lipinski definition) is 2. The lowest BCUT2D eigenvalue weighted by Gasteiger charge is -2.08. The summed E-state index contributed by atoms with van der Waals surface area (Å²) in [4.78, 5) is 4.44. The molecule has 1 heterocycles.